The molecule has 1 unspecified atom stereocenters. The van der Waals surface area contributed by atoms with Gasteiger partial charge in [0.2, 0.25) is 5.95 Å². The number of nitrogen functional groups attached to an aromatic ring is 1. The number of anilines is 2. The molecule has 0 radical (unpaired) electrons. The zero-order chi connectivity index (χ0) is 24.4. The topological polar surface area (TPSA) is 181 Å². The lowest BCUT2D eigenvalue weighted by atomic mass is 10.0. The first-order chi connectivity index (χ1) is 16.3. The van der Waals surface area contributed by atoms with Gasteiger partial charge in [-0.25, -0.2) is 4.98 Å². The van der Waals surface area contributed by atoms with Crippen LogP contribution in [-0.2, 0) is 9.53 Å². The molecule has 12 nitrogen and oxygen atoms in total. The Labute approximate surface area is 195 Å². The number of amides is 1. The smallest absolute Gasteiger partial charge is 0.251 e. The molecule has 0 spiro atoms. The lowest BCUT2D eigenvalue weighted by Gasteiger charge is -2.20. The number of ether oxygens (including phenoxy) is 1. The highest BCUT2D eigenvalue weighted by Gasteiger charge is 2.49. The van der Waals surface area contributed by atoms with E-state index in [4.69, 9.17) is 10.5 Å². The second kappa shape index (κ2) is 9.89. The molecule has 7 N–H and O–H groups in total. The summed E-state index contributed by atoms with van der Waals surface area (Å²) in [6.07, 6.45) is -5.76. The summed E-state index contributed by atoms with van der Waals surface area (Å²) in [5, 5.41) is 36.9. The van der Waals surface area contributed by atoms with Crippen molar-refractivity contribution in [1.29, 1.82) is 0 Å². The Morgan fingerprint density at radius 2 is 1.97 bits per heavy atom. The molecule has 1 aromatic carbocycles. The maximum atomic E-state index is 12.0. The zero-order valence-corrected chi connectivity index (χ0v) is 18.9. The molecule has 12 heteroatoms. The summed E-state index contributed by atoms with van der Waals surface area (Å²) in [5.74, 6) is -0.134. The summed E-state index contributed by atoms with van der Waals surface area (Å²) in [5.41, 5.74) is 7.80. The van der Waals surface area contributed by atoms with Gasteiger partial charge in [-0.15, -0.1) is 0 Å². The van der Waals surface area contributed by atoms with E-state index in [2.05, 4.69) is 32.5 Å². The van der Waals surface area contributed by atoms with Crippen LogP contribution in [0.2, 0.25) is 0 Å². The molecule has 1 fully saturated rings. The minimum absolute atomic E-state index is 0.130. The number of hydrogen-bond acceptors (Lipinski definition) is 10. The fourth-order valence-electron chi connectivity index (χ4n) is 3.95. The molecule has 0 aliphatic carbocycles. The first-order valence-corrected chi connectivity index (χ1v) is 11.1. The quantitative estimate of drug-likeness (QED) is 0.256. The molecule has 0 bridgehead atoms. The van der Waals surface area contributed by atoms with Gasteiger partial charge in [-0.05, 0) is 18.4 Å². The fourth-order valence-corrected chi connectivity index (χ4v) is 3.95. The van der Waals surface area contributed by atoms with E-state index < -0.39 is 36.6 Å². The molecule has 1 amide bonds. The molecule has 34 heavy (non-hydrogen) atoms. The number of nitrogens with zero attached hydrogens (tertiary/aromatic N) is 4. The van der Waals surface area contributed by atoms with Crippen LogP contribution < -0.4 is 16.4 Å². The summed E-state index contributed by atoms with van der Waals surface area (Å²) >= 11 is 0. The van der Waals surface area contributed by atoms with Crippen molar-refractivity contribution in [3.8, 4) is 0 Å². The molecule has 4 rings (SSSR count). The Balaban J connectivity index is 1.56. The number of hydrogen-bond donors (Lipinski definition) is 6. The van der Waals surface area contributed by atoms with Crippen molar-refractivity contribution in [1.82, 2.24) is 24.8 Å². The number of benzene rings is 1. The van der Waals surface area contributed by atoms with Crippen molar-refractivity contribution in [2.75, 3.05) is 24.1 Å². The number of nitrogens with two attached hydrogens (primary N) is 1. The summed E-state index contributed by atoms with van der Waals surface area (Å²) in [7, 11) is 0. The molecule has 1 aliphatic heterocycles. The normalized spacial score (nSPS) is 24.1. The summed E-state index contributed by atoms with van der Waals surface area (Å²) < 4.78 is 7.09. The molecule has 2 aromatic heterocycles. The number of carbonyl (C=O) groups excluding carboxylic acids is 1. The van der Waals surface area contributed by atoms with Crippen molar-refractivity contribution in [2.45, 2.75) is 50.4 Å². The van der Waals surface area contributed by atoms with Gasteiger partial charge in [-0.3, -0.25) is 9.36 Å². The van der Waals surface area contributed by atoms with Gasteiger partial charge >= 0.3 is 0 Å². The number of nitrogens with one attached hydrogen (secondary N) is 2. The maximum absolute atomic E-state index is 12.0. The number of imidazole rings is 1. The SMILES string of the molecule is CCNC(=O)C(O)[C@H]1O[C@@H](n2cnc3c(N)nc(NC[C@@H](C)c4ccccc4)nc32)[C@H](O)[C@@H]1O. The number of rotatable bonds is 8. The van der Waals surface area contributed by atoms with Crippen molar-refractivity contribution in [3.05, 3.63) is 42.2 Å². The fraction of sp³-hybridized carbons (Fsp3) is 0.455. The van der Waals surface area contributed by atoms with E-state index in [1.807, 2.05) is 30.3 Å². The minimum Gasteiger partial charge on any atom is -0.387 e. The second-order valence-electron chi connectivity index (χ2n) is 8.26. The van der Waals surface area contributed by atoms with Gasteiger partial charge in [0.15, 0.2) is 23.8 Å². The Morgan fingerprint density at radius 3 is 2.68 bits per heavy atom. The number of aliphatic hydroxyl groups is 3. The van der Waals surface area contributed by atoms with Crippen LogP contribution >= 0.6 is 0 Å². The Morgan fingerprint density at radius 1 is 1.24 bits per heavy atom. The third-order valence-corrected chi connectivity index (χ3v) is 5.86. The van der Waals surface area contributed by atoms with Crippen LogP contribution in [0, 0.1) is 0 Å². The number of fused-ring (bicyclic) bond motifs is 1. The summed E-state index contributed by atoms with van der Waals surface area (Å²) in [6.45, 7) is 4.61. The van der Waals surface area contributed by atoms with Crippen LogP contribution in [0.25, 0.3) is 11.2 Å². The highest BCUT2D eigenvalue weighted by Crippen LogP contribution is 2.34. The standard InChI is InChI=1S/C22H29N7O5/c1-3-24-20(33)16(32)17-14(30)15(31)21(34-17)29-10-26-13-18(23)27-22(28-19(13)29)25-9-11(2)12-7-5-4-6-8-12/h4-8,10-11,14-17,21,30-32H,3,9H2,1-2H3,(H,24,33)(H3,23,25,27,28)/t11-,14+,15-,16?,17+,21-/m1/s1. The molecule has 1 aliphatic rings. The van der Waals surface area contributed by atoms with Gasteiger partial charge in [-0.2, -0.15) is 9.97 Å². The van der Waals surface area contributed by atoms with E-state index in [9.17, 15) is 20.1 Å². The van der Waals surface area contributed by atoms with Gasteiger partial charge in [0.25, 0.3) is 5.91 Å². The summed E-state index contributed by atoms with van der Waals surface area (Å²) in [6, 6.07) is 9.98. The van der Waals surface area contributed by atoms with Gasteiger partial charge in [-0.1, -0.05) is 37.3 Å². The molecule has 182 valence electrons. The average Bonchev–Trinajstić information content (AvgIpc) is 3.39. The highest BCUT2D eigenvalue weighted by atomic mass is 16.6. The van der Waals surface area contributed by atoms with E-state index in [0.29, 0.717) is 18.6 Å². The molecule has 1 saturated heterocycles. The zero-order valence-electron chi connectivity index (χ0n) is 18.9. The van der Waals surface area contributed by atoms with Crippen LogP contribution in [0.5, 0.6) is 0 Å². The maximum Gasteiger partial charge on any atom is 0.251 e. The van der Waals surface area contributed by atoms with E-state index in [0.717, 1.165) is 5.56 Å². The molecule has 0 saturated carbocycles. The molecular weight excluding hydrogens is 442 g/mol. The number of carbonyl (C=O) groups is 1. The molecule has 3 aromatic rings. The number of likely N-dealkylation sites (N-methyl/N-ethyl adjacent to an activating group) is 1. The molecule has 3 heterocycles. The van der Waals surface area contributed by atoms with Gasteiger partial charge in [0, 0.05) is 13.1 Å². The van der Waals surface area contributed by atoms with Crippen LogP contribution in [0.3, 0.4) is 0 Å². The first-order valence-electron chi connectivity index (χ1n) is 11.1. The number of aliphatic hydroxyl groups excluding tert-OH is 3. The first kappa shape index (κ1) is 23.8. The van der Waals surface area contributed by atoms with E-state index >= 15 is 0 Å². The average molecular weight is 472 g/mol. The Hall–Kier alpha value is -3.32. The minimum atomic E-state index is -1.67. The predicted octanol–water partition coefficient (Wildman–Crippen LogP) is -0.260. The molecular formula is C22H29N7O5. The Bertz CT molecular complexity index is 1140. The lowest BCUT2D eigenvalue weighted by molar-refractivity contribution is -0.143. The van der Waals surface area contributed by atoms with Crippen molar-refractivity contribution in [2.24, 2.45) is 0 Å². The van der Waals surface area contributed by atoms with Gasteiger partial charge < -0.3 is 36.4 Å². The van der Waals surface area contributed by atoms with Gasteiger partial charge in [0.05, 0.1) is 6.33 Å². The largest absolute Gasteiger partial charge is 0.387 e. The van der Waals surface area contributed by atoms with E-state index in [-0.39, 0.29) is 23.3 Å². The van der Waals surface area contributed by atoms with E-state index in [1.165, 1.54) is 10.9 Å². The van der Waals surface area contributed by atoms with E-state index in [1.54, 1.807) is 6.92 Å². The Kier molecular flexibility index (Phi) is 6.93. The van der Waals surface area contributed by atoms with Gasteiger partial charge in [0.1, 0.15) is 23.8 Å². The van der Waals surface area contributed by atoms with Crippen molar-refractivity contribution in [3.63, 3.8) is 0 Å². The molecule has 6 atom stereocenters. The van der Waals surface area contributed by atoms with Crippen LogP contribution in [0.4, 0.5) is 11.8 Å². The monoisotopic (exact) mass is 471 g/mol. The highest BCUT2D eigenvalue weighted by molar-refractivity contribution is 5.83. The second-order valence-corrected chi connectivity index (χ2v) is 8.26. The predicted molar refractivity (Wildman–Crippen MR) is 124 cm³/mol. The van der Waals surface area contributed by atoms with Crippen LogP contribution in [0.1, 0.15) is 31.6 Å². The number of aromatic nitrogens is 4. The van der Waals surface area contributed by atoms with Crippen molar-refractivity contribution >= 4 is 28.8 Å². The van der Waals surface area contributed by atoms with Crippen LogP contribution in [-0.4, -0.2) is 78.3 Å². The van der Waals surface area contributed by atoms with Crippen LogP contribution in [0.15, 0.2) is 36.7 Å². The lowest BCUT2D eigenvalue weighted by Crippen LogP contribution is -2.47. The third kappa shape index (κ3) is 4.53. The summed E-state index contributed by atoms with van der Waals surface area (Å²) in [4.78, 5) is 25.0. The third-order valence-electron chi connectivity index (χ3n) is 5.86. The van der Waals surface area contributed by atoms with Crippen molar-refractivity contribution < 1.29 is 24.9 Å².